The van der Waals surface area contributed by atoms with Crippen molar-refractivity contribution >= 4 is 39.8 Å². The molecule has 3 rings (SSSR count). The van der Waals surface area contributed by atoms with Crippen LogP contribution in [-0.4, -0.2) is 16.7 Å². The van der Waals surface area contributed by atoms with Gasteiger partial charge in [0.05, 0.1) is 16.8 Å². The van der Waals surface area contributed by atoms with Crippen molar-refractivity contribution in [3.8, 4) is 5.75 Å². The molecular formula is C14H8INO3. The van der Waals surface area contributed by atoms with Gasteiger partial charge in [-0.05, 0) is 28.7 Å². The van der Waals surface area contributed by atoms with E-state index in [1.807, 2.05) is 22.6 Å². The number of halogens is 1. The van der Waals surface area contributed by atoms with Crippen molar-refractivity contribution in [2.24, 2.45) is 0 Å². The smallest absolute Gasteiger partial charge is 0.198 e. The van der Waals surface area contributed by atoms with Crippen molar-refractivity contribution in [1.82, 2.24) is 0 Å². The summed E-state index contributed by atoms with van der Waals surface area (Å²) in [5.41, 5.74) is 6.86. The fraction of sp³-hybridized carbons (Fsp3) is 0. The van der Waals surface area contributed by atoms with Gasteiger partial charge >= 0.3 is 0 Å². The third-order valence-corrected chi connectivity index (χ3v) is 4.06. The van der Waals surface area contributed by atoms with E-state index in [9.17, 15) is 14.7 Å². The molecule has 2 aromatic carbocycles. The Kier molecular flexibility index (Phi) is 2.60. The summed E-state index contributed by atoms with van der Waals surface area (Å²) < 4.78 is 0.550. The van der Waals surface area contributed by atoms with Gasteiger partial charge in [0, 0.05) is 14.7 Å². The highest BCUT2D eigenvalue weighted by molar-refractivity contribution is 14.1. The van der Waals surface area contributed by atoms with Crippen LogP contribution < -0.4 is 5.73 Å². The minimum absolute atomic E-state index is 0.00150. The van der Waals surface area contributed by atoms with Crippen LogP contribution in [0.5, 0.6) is 5.75 Å². The van der Waals surface area contributed by atoms with Gasteiger partial charge in [0.25, 0.3) is 0 Å². The van der Waals surface area contributed by atoms with Crippen LogP contribution >= 0.6 is 22.6 Å². The highest BCUT2D eigenvalue weighted by Gasteiger charge is 2.34. The number of phenolic OH excluding ortho intramolecular Hbond substituents is 1. The van der Waals surface area contributed by atoms with E-state index in [0.29, 0.717) is 14.7 Å². The van der Waals surface area contributed by atoms with Gasteiger partial charge < -0.3 is 10.8 Å². The first-order valence-corrected chi connectivity index (χ1v) is 6.59. The first-order chi connectivity index (χ1) is 9.02. The molecular weight excluding hydrogens is 357 g/mol. The summed E-state index contributed by atoms with van der Waals surface area (Å²) in [6.07, 6.45) is 0. The summed E-state index contributed by atoms with van der Waals surface area (Å²) in [5.74, 6) is -0.899. The van der Waals surface area contributed by atoms with Crippen LogP contribution in [-0.2, 0) is 0 Å². The van der Waals surface area contributed by atoms with Crippen molar-refractivity contribution < 1.29 is 14.7 Å². The van der Waals surface area contributed by atoms with Crippen LogP contribution in [0.2, 0.25) is 0 Å². The predicted octanol–water partition coefficient (Wildman–Crippen LogP) is 2.35. The molecule has 0 aliphatic heterocycles. The molecule has 1 aliphatic carbocycles. The molecule has 0 fully saturated rings. The average molecular weight is 365 g/mol. The highest BCUT2D eigenvalue weighted by atomic mass is 127. The molecule has 0 amide bonds. The Hall–Kier alpha value is -1.89. The largest absolute Gasteiger partial charge is 0.507 e. The van der Waals surface area contributed by atoms with Crippen LogP contribution in [0, 0.1) is 3.57 Å². The van der Waals surface area contributed by atoms with E-state index in [-0.39, 0.29) is 34.1 Å². The van der Waals surface area contributed by atoms with Crippen LogP contribution in [0.3, 0.4) is 0 Å². The lowest BCUT2D eigenvalue weighted by Crippen LogP contribution is -2.23. The number of phenols is 1. The molecule has 0 saturated heterocycles. The number of hydrogen-bond acceptors (Lipinski definition) is 4. The molecule has 0 aromatic heterocycles. The molecule has 4 nitrogen and oxygen atoms in total. The van der Waals surface area contributed by atoms with Crippen molar-refractivity contribution in [1.29, 1.82) is 0 Å². The number of benzene rings is 2. The van der Waals surface area contributed by atoms with Crippen molar-refractivity contribution in [2.75, 3.05) is 5.73 Å². The van der Waals surface area contributed by atoms with Crippen molar-refractivity contribution in [3.05, 3.63) is 56.2 Å². The molecule has 2 aromatic rings. The highest BCUT2D eigenvalue weighted by Crippen LogP contribution is 2.38. The van der Waals surface area contributed by atoms with Gasteiger partial charge in [0.15, 0.2) is 11.6 Å². The van der Waals surface area contributed by atoms with Gasteiger partial charge in [-0.25, -0.2) is 0 Å². The number of nitrogen functional groups attached to an aromatic ring is 1. The third kappa shape index (κ3) is 1.58. The predicted molar refractivity (Wildman–Crippen MR) is 78.5 cm³/mol. The molecule has 0 spiro atoms. The van der Waals surface area contributed by atoms with E-state index in [2.05, 4.69) is 0 Å². The molecule has 19 heavy (non-hydrogen) atoms. The number of ketones is 2. The zero-order valence-electron chi connectivity index (χ0n) is 9.61. The van der Waals surface area contributed by atoms with E-state index < -0.39 is 0 Å². The minimum atomic E-state index is -0.370. The van der Waals surface area contributed by atoms with Crippen molar-refractivity contribution in [2.45, 2.75) is 0 Å². The zero-order chi connectivity index (χ0) is 13.7. The summed E-state index contributed by atoms with van der Waals surface area (Å²) in [6, 6.07) is 7.94. The average Bonchev–Trinajstić information content (AvgIpc) is 2.40. The topological polar surface area (TPSA) is 80.4 Å². The Labute approximate surface area is 122 Å². The molecule has 0 radical (unpaired) electrons. The molecule has 1 aliphatic rings. The van der Waals surface area contributed by atoms with Crippen LogP contribution in [0.4, 0.5) is 5.69 Å². The fourth-order valence-electron chi connectivity index (χ4n) is 2.27. The number of aromatic hydroxyl groups is 1. The summed E-state index contributed by atoms with van der Waals surface area (Å²) in [7, 11) is 0. The second-order valence-corrected chi connectivity index (χ2v) is 5.41. The molecule has 5 heteroatoms. The normalized spacial score (nSPS) is 13.1. The third-order valence-electron chi connectivity index (χ3n) is 3.17. The first-order valence-electron chi connectivity index (χ1n) is 5.51. The zero-order valence-corrected chi connectivity index (χ0v) is 11.8. The summed E-state index contributed by atoms with van der Waals surface area (Å²) in [4.78, 5) is 24.8. The number of hydrogen-bond donors (Lipinski definition) is 2. The Morgan fingerprint density at radius 3 is 2.11 bits per heavy atom. The van der Waals surface area contributed by atoms with Crippen molar-refractivity contribution in [3.63, 3.8) is 0 Å². The maximum absolute atomic E-state index is 12.4. The number of carbonyl (C=O) groups excluding carboxylic acids is 2. The number of fused-ring (bicyclic) bond motifs is 2. The van der Waals surface area contributed by atoms with E-state index in [0.717, 1.165) is 0 Å². The van der Waals surface area contributed by atoms with Gasteiger partial charge in [-0.15, -0.1) is 0 Å². The van der Waals surface area contributed by atoms with E-state index in [1.54, 1.807) is 24.3 Å². The van der Waals surface area contributed by atoms with Crippen LogP contribution in [0.25, 0.3) is 0 Å². The Morgan fingerprint density at radius 2 is 1.53 bits per heavy atom. The standard InChI is InChI=1S/C14H8INO3/c15-8-5-9(17)10-11(12(8)16)14(19)7-4-2-1-3-6(7)13(10)18/h1-5,17H,16H2. The lowest BCUT2D eigenvalue weighted by Gasteiger charge is -2.20. The fourth-order valence-corrected chi connectivity index (χ4v) is 2.83. The number of nitrogens with two attached hydrogens (primary N) is 1. The summed E-state index contributed by atoms with van der Waals surface area (Å²) in [6.45, 7) is 0. The minimum Gasteiger partial charge on any atom is -0.507 e. The van der Waals surface area contributed by atoms with Gasteiger partial charge in [0.1, 0.15) is 5.75 Å². The monoisotopic (exact) mass is 365 g/mol. The number of rotatable bonds is 0. The molecule has 0 bridgehead atoms. The molecule has 0 unspecified atom stereocenters. The van der Waals surface area contributed by atoms with E-state index >= 15 is 0 Å². The molecule has 0 atom stereocenters. The van der Waals surface area contributed by atoms with Gasteiger partial charge in [0.2, 0.25) is 0 Å². The Balaban J connectivity index is 2.43. The SMILES string of the molecule is Nc1c(I)cc(O)c2c1C(=O)c1ccccc1C2=O. The maximum atomic E-state index is 12.4. The lowest BCUT2D eigenvalue weighted by atomic mass is 9.83. The lowest BCUT2D eigenvalue weighted by molar-refractivity contribution is 0.0977. The Bertz CT molecular complexity index is 753. The Morgan fingerprint density at radius 1 is 1.00 bits per heavy atom. The maximum Gasteiger partial charge on any atom is 0.198 e. The molecule has 0 saturated carbocycles. The van der Waals surface area contributed by atoms with E-state index in [1.165, 1.54) is 6.07 Å². The number of anilines is 1. The first kappa shape index (κ1) is 12.2. The van der Waals surface area contributed by atoms with Crippen LogP contribution in [0.1, 0.15) is 31.8 Å². The summed E-state index contributed by atoms with van der Waals surface area (Å²) >= 11 is 1.92. The van der Waals surface area contributed by atoms with Gasteiger partial charge in [-0.2, -0.15) is 0 Å². The van der Waals surface area contributed by atoms with Crippen LogP contribution in [0.15, 0.2) is 30.3 Å². The second-order valence-electron chi connectivity index (χ2n) is 4.25. The molecule has 94 valence electrons. The van der Waals surface area contributed by atoms with Gasteiger partial charge in [-0.3, -0.25) is 9.59 Å². The summed E-state index contributed by atoms with van der Waals surface area (Å²) in [5, 5.41) is 9.94. The van der Waals surface area contributed by atoms with E-state index in [4.69, 9.17) is 5.73 Å². The quantitative estimate of drug-likeness (QED) is 0.364. The molecule has 3 N–H and O–H groups in total. The number of carbonyl (C=O) groups is 2. The second kappa shape index (κ2) is 4.06. The molecule has 0 heterocycles. The van der Waals surface area contributed by atoms with Gasteiger partial charge in [-0.1, -0.05) is 24.3 Å².